The molecule has 0 unspecified atom stereocenters. The number of amides is 1. The van der Waals surface area contributed by atoms with Crippen LogP contribution in [0.25, 0.3) is 0 Å². The first-order chi connectivity index (χ1) is 17.0. The van der Waals surface area contributed by atoms with E-state index < -0.39 is 40.8 Å². The van der Waals surface area contributed by atoms with E-state index in [0.29, 0.717) is 32.4 Å². The lowest BCUT2D eigenvalue weighted by Gasteiger charge is -2.51. The fraction of sp³-hybridized carbons (Fsp3) is 0.500. The molecule has 4 rings (SSSR count). The molecule has 10 heteroatoms. The van der Waals surface area contributed by atoms with Gasteiger partial charge in [0.2, 0.25) is 0 Å². The Kier molecular flexibility index (Phi) is 7.13. The van der Waals surface area contributed by atoms with Gasteiger partial charge in [0, 0.05) is 38.2 Å². The van der Waals surface area contributed by atoms with E-state index in [0.717, 1.165) is 18.1 Å². The van der Waals surface area contributed by atoms with E-state index in [1.807, 2.05) is 0 Å². The first-order valence-corrected chi connectivity index (χ1v) is 11.8. The van der Waals surface area contributed by atoms with Gasteiger partial charge in [-0.2, -0.15) is 26.3 Å². The van der Waals surface area contributed by atoms with Crippen molar-refractivity contribution < 1.29 is 35.9 Å². The summed E-state index contributed by atoms with van der Waals surface area (Å²) in [6, 6.07) is 12.2. The third-order valence-corrected chi connectivity index (χ3v) is 7.76. The highest BCUT2D eigenvalue weighted by Crippen LogP contribution is 2.52. The van der Waals surface area contributed by atoms with Gasteiger partial charge in [-0.25, -0.2) is 0 Å². The molecule has 0 saturated carbocycles. The van der Waals surface area contributed by atoms with Gasteiger partial charge >= 0.3 is 12.4 Å². The summed E-state index contributed by atoms with van der Waals surface area (Å²) in [4.78, 5) is 14.6. The molecule has 2 aromatic rings. The molecule has 1 N–H and O–H groups in total. The monoisotopic (exact) mass is 514 g/mol. The first-order valence-electron chi connectivity index (χ1n) is 11.8. The molecule has 0 radical (unpaired) electrons. The topological polar surface area (TPSA) is 41.6 Å². The number of hydrogen-bond donors (Lipinski definition) is 1. The van der Waals surface area contributed by atoms with Crippen molar-refractivity contribution in [3.63, 3.8) is 0 Å². The number of nitrogens with zero attached hydrogens (tertiary/aromatic N) is 1. The summed E-state index contributed by atoms with van der Waals surface area (Å²) in [6.07, 6.45) is -8.38. The van der Waals surface area contributed by atoms with Crippen molar-refractivity contribution in [1.82, 2.24) is 10.2 Å². The van der Waals surface area contributed by atoms with Crippen molar-refractivity contribution in [2.24, 2.45) is 5.41 Å². The van der Waals surface area contributed by atoms with Crippen molar-refractivity contribution in [3.8, 4) is 0 Å². The van der Waals surface area contributed by atoms with Crippen molar-refractivity contribution in [1.29, 1.82) is 0 Å². The van der Waals surface area contributed by atoms with E-state index in [2.05, 4.69) is 5.32 Å². The number of alkyl halides is 6. The first kappa shape index (κ1) is 26.5. The second kappa shape index (κ2) is 9.70. The van der Waals surface area contributed by atoms with Crippen LogP contribution in [0.1, 0.15) is 41.9 Å². The molecule has 2 atom stereocenters. The maximum Gasteiger partial charge on any atom is 0.430 e. The van der Waals surface area contributed by atoms with Gasteiger partial charge in [-0.1, -0.05) is 48.5 Å². The molecule has 4 nitrogen and oxygen atoms in total. The molecule has 1 amide bonds. The Balaban J connectivity index is 1.63. The fourth-order valence-electron chi connectivity index (χ4n) is 5.85. The largest absolute Gasteiger partial charge is 0.430 e. The number of methoxy groups -OCH3 is 1. The van der Waals surface area contributed by atoms with Gasteiger partial charge in [0.25, 0.3) is 11.5 Å². The quantitative estimate of drug-likeness (QED) is 0.549. The van der Waals surface area contributed by atoms with Crippen molar-refractivity contribution >= 4 is 5.91 Å². The van der Waals surface area contributed by atoms with Crippen molar-refractivity contribution in [2.45, 2.75) is 43.1 Å². The zero-order valence-electron chi connectivity index (χ0n) is 19.8. The number of rotatable bonds is 4. The SMILES string of the molecule is CO[C@@](C(=O)N1CCC2(CCNC[C@H]2c2ccccc2C(F)(F)F)CC1)(c1ccccc1)C(F)(F)F. The molecule has 2 saturated heterocycles. The molecular weight excluding hydrogens is 486 g/mol. The highest BCUT2D eigenvalue weighted by Gasteiger charge is 2.64. The van der Waals surface area contributed by atoms with E-state index in [1.165, 1.54) is 36.4 Å². The summed E-state index contributed by atoms with van der Waals surface area (Å²) in [7, 11) is 0.862. The molecule has 2 aliphatic rings. The van der Waals surface area contributed by atoms with Crippen LogP contribution in [0.15, 0.2) is 54.6 Å². The van der Waals surface area contributed by atoms with Gasteiger partial charge in [0.1, 0.15) is 0 Å². The molecular formula is C26H28F6N2O2. The number of carbonyl (C=O) groups is 1. The second-order valence-electron chi connectivity index (χ2n) is 9.50. The summed E-state index contributed by atoms with van der Waals surface area (Å²) < 4.78 is 89.4. The number of hydrogen-bond acceptors (Lipinski definition) is 3. The predicted molar refractivity (Wildman–Crippen MR) is 121 cm³/mol. The van der Waals surface area contributed by atoms with E-state index in [1.54, 1.807) is 12.1 Å². The average Bonchev–Trinajstić information content (AvgIpc) is 2.85. The van der Waals surface area contributed by atoms with E-state index in [9.17, 15) is 31.1 Å². The van der Waals surface area contributed by atoms with Crippen LogP contribution in [0.3, 0.4) is 0 Å². The number of halogens is 6. The lowest BCUT2D eigenvalue weighted by Crippen LogP contribution is -2.59. The van der Waals surface area contributed by atoms with Gasteiger partial charge in [-0.3, -0.25) is 4.79 Å². The summed E-state index contributed by atoms with van der Waals surface area (Å²) in [5, 5.41) is 3.18. The predicted octanol–water partition coefficient (Wildman–Crippen LogP) is 5.50. The molecule has 1 spiro atoms. The number of likely N-dealkylation sites (tertiary alicyclic amines) is 1. The van der Waals surface area contributed by atoms with E-state index in [4.69, 9.17) is 4.74 Å². The maximum atomic E-state index is 14.4. The fourth-order valence-corrected chi connectivity index (χ4v) is 5.85. The zero-order chi connectivity index (χ0) is 26.2. The minimum absolute atomic E-state index is 0.00244. The molecule has 2 aliphatic heterocycles. The second-order valence-corrected chi connectivity index (χ2v) is 9.50. The Hall–Kier alpha value is -2.59. The standard InChI is InChI=1S/C26H28F6N2O2/c1-36-24(26(30,31)32,18-7-3-2-4-8-18)22(35)34-15-12-23(13-16-34)11-14-33-17-21(23)19-9-5-6-10-20(19)25(27,28)29/h2-10,21,33H,11-17H2,1H3/t21-,24+/m0/s1. The van der Waals surface area contributed by atoms with Gasteiger partial charge in [0.05, 0.1) is 5.56 Å². The van der Waals surface area contributed by atoms with E-state index in [-0.39, 0.29) is 24.2 Å². The molecule has 196 valence electrons. The Bertz CT molecular complexity index is 1060. The number of ether oxygens (including phenoxy) is 1. The summed E-state index contributed by atoms with van der Waals surface area (Å²) in [5.41, 5.74) is -4.55. The number of carbonyl (C=O) groups excluding carboxylic acids is 1. The smallest absolute Gasteiger partial charge is 0.356 e. The zero-order valence-corrected chi connectivity index (χ0v) is 19.8. The van der Waals surface area contributed by atoms with Gasteiger partial charge in [-0.15, -0.1) is 0 Å². The average molecular weight is 515 g/mol. The lowest BCUT2D eigenvalue weighted by atomic mass is 9.62. The highest BCUT2D eigenvalue weighted by atomic mass is 19.4. The maximum absolute atomic E-state index is 14.4. The summed E-state index contributed by atoms with van der Waals surface area (Å²) in [5.74, 6) is -1.69. The van der Waals surface area contributed by atoms with Crippen LogP contribution in [-0.4, -0.2) is 50.3 Å². The third-order valence-electron chi connectivity index (χ3n) is 7.76. The van der Waals surface area contributed by atoms with Crippen LogP contribution in [-0.2, 0) is 21.3 Å². The Morgan fingerprint density at radius 1 is 0.944 bits per heavy atom. The summed E-state index contributed by atoms with van der Waals surface area (Å²) in [6.45, 7) is 0.915. The molecule has 0 bridgehead atoms. The van der Waals surface area contributed by atoms with Crippen LogP contribution < -0.4 is 5.32 Å². The Morgan fingerprint density at radius 2 is 1.56 bits per heavy atom. The Morgan fingerprint density at radius 3 is 2.14 bits per heavy atom. The molecule has 0 aromatic heterocycles. The van der Waals surface area contributed by atoms with Gasteiger partial charge in [0.15, 0.2) is 0 Å². The minimum Gasteiger partial charge on any atom is -0.356 e. The Labute approximate surface area is 205 Å². The molecule has 0 aliphatic carbocycles. The van der Waals surface area contributed by atoms with Crippen LogP contribution >= 0.6 is 0 Å². The van der Waals surface area contributed by atoms with Crippen LogP contribution in [0.5, 0.6) is 0 Å². The van der Waals surface area contributed by atoms with Crippen LogP contribution in [0.2, 0.25) is 0 Å². The molecule has 2 aromatic carbocycles. The number of benzene rings is 2. The molecule has 2 fully saturated rings. The minimum atomic E-state index is -5.02. The van der Waals surface area contributed by atoms with Gasteiger partial charge in [-0.05, 0) is 42.9 Å². The van der Waals surface area contributed by atoms with Crippen molar-refractivity contribution in [3.05, 3.63) is 71.3 Å². The van der Waals surface area contributed by atoms with Crippen LogP contribution in [0.4, 0.5) is 26.3 Å². The normalized spacial score (nSPS) is 22.3. The number of nitrogens with one attached hydrogen (secondary N) is 1. The third kappa shape index (κ3) is 4.49. The molecule has 2 heterocycles. The molecule has 36 heavy (non-hydrogen) atoms. The number of piperidine rings is 2. The summed E-state index contributed by atoms with van der Waals surface area (Å²) >= 11 is 0. The lowest BCUT2D eigenvalue weighted by molar-refractivity contribution is -0.271. The van der Waals surface area contributed by atoms with Gasteiger partial charge < -0.3 is 15.0 Å². The van der Waals surface area contributed by atoms with Crippen LogP contribution in [0, 0.1) is 5.41 Å². The van der Waals surface area contributed by atoms with E-state index >= 15 is 0 Å². The highest BCUT2D eigenvalue weighted by molar-refractivity contribution is 5.88. The van der Waals surface area contributed by atoms with Crippen molar-refractivity contribution in [2.75, 3.05) is 33.3 Å².